The summed E-state index contributed by atoms with van der Waals surface area (Å²) in [6.07, 6.45) is 17.0. The van der Waals surface area contributed by atoms with Crippen LogP contribution in [0.1, 0.15) is 112 Å². The molecule has 7 atom stereocenters. The van der Waals surface area contributed by atoms with E-state index in [1.54, 1.807) is 5.57 Å². The molecule has 0 radical (unpaired) electrons. The normalized spacial score (nSPS) is 44.3. The summed E-state index contributed by atoms with van der Waals surface area (Å²) in [6.45, 7) is 11.6. The van der Waals surface area contributed by atoms with E-state index in [0.717, 1.165) is 68.1 Å². The van der Waals surface area contributed by atoms with E-state index in [2.05, 4.69) is 26.8 Å². The van der Waals surface area contributed by atoms with E-state index in [1.165, 1.54) is 38.5 Å². The van der Waals surface area contributed by atoms with Gasteiger partial charge in [0.05, 0.1) is 11.0 Å². The van der Waals surface area contributed by atoms with Gasteiger partial charge in [0.25, 0.3) is 0 Å². The minimum atomic E-state index is -0.526. The Morgan fingerprint density at radius 3 is 2.52 bits per heavy atom. The highest BCUT2D eigenvalue weighted by Gasteiger charge is 2.65. The van der Waals surface area contributed by atoms with Crippen molar-refractivity contribution in [2.24, 2.45) is 45.8 Å². The molecule has 0 heterocycles. The van der Waals surface area contributed by atoms with Crippen molar-refractivity contribution in [3.8, 4) is 0 Å². The largest absolute Gasteiger partial charge is 0.390 e. The smallest absolute Gasteiger partial charge is 0.143 e. The summed E-state index contributed by atoms with van der Waals surface area (Å²) >= 11 is 0. The van der Waals surface area contributed by atoms with Gasteiger partial charge in [-0.2, -0.15) is 0 Å². The number of hydrogen-bond acceptors (Lipinski definition) is 2. The molecule has 2 heteroatoms. The van der Waals surface area contributed by atoms with E-state index in [0.29, 0.717) is 16.6 Å². The molecule has 0 aliphatic heterocycles. The van der Waals surface area contributed by atoms with Crippen molar-refractivity contribution in [2.45, 2.75) is 117 Å². The molecule has 1 N–H and O–H groups in total. The first-order valence-electron chi connectivity index (χ1n) is 13.5. The molecule has 4 saturated carbocycles. The minimum Gasteiger partial charge on any atom is -0.390 e. The second-order valence-electron chi connectivity index (χ2n) is 13.6. The molecule has 0 aromatic carbocycles. The molecule has 31 heavy (non-hydrogen) atoms. The van der Waals surface area contributed by atoms with Gasteiger partial charge in [-0.3, -0.25) is 4.79 Å². The van der Waals surface area contributed by atoms with Crippen LogP contribution in [-0.2, 0) is 4.79 Å². The van der Waals surface area contributed by atoms with Crippen LogP contribution in [0, 0.1) is 45.8 Å². The third kappa shape index (κ3) is 3.32. The monoisotopic (exact) mass is 426 g/mol. The first kappa shape index (κ1) is 22.2. The lowest BCUT2D eigenvalue weighted by Crippen LogP contribution is -2.52. The van der Waals surface area contributed by atoms with Crippen LogP contribution in [-0.4, -0.2) is 16.5 Å². The highest BCUT2D eigenvalue weighted by atomic mass is 16.3. The van der Waals surface area contributed by atoms with Gasteiger partial charge in [0.1, 0.15) is 5.78 Å². The van der Waals surface area contributed by atoms with E-state index >= 15 is 0 Å². The maximum atomic E-state index is 12.8. The van der Waals surface area contributed by atoms with E-state index in [1.807, 2.05) is 13.8 Å². The zero-order valence-electron chi connectivity index (χ0n) is 20.8. The molecule has 0 saturated heterocycles. The lowest BCUT2D eigenvalue weighted by molar-refractivity contribution is -0.128. The number of aliphatic hydroxyl groups is 1. The predicted molar refractivity (Wildman–Crippen MR) is 127 cm³/mol. The molecule has 1 spiro atoms. The third-order valence-electron chi connectivity index (χ3n) is 11.3. The van der Waals surface area contributed by atoms with Crippen molar-refractivity contribution in [3.63, 3.8) is 0 Å². The predicted octanol–water partition coefficient (Wildman–Crippen LogP) is 7.10. The summed E-state index contributed by atoms with van der Waals surface area (Å²) in [5, 5.41) is 10.1. The van der Waals surface area contributed by atoms with Gasteiger partial charge < -0.3 is 5.11 Å². The maximum absolute atomic E-state index is 12.8. The molecule has 5 rings (SSSR count). The second kappa shape index (κ2) is 7.18. The zero-order chi connectivity index (χ0) is 22.2. The number of ketones is 1. The van der Waals surface area contributed by atoms with Crippen molar-refractivity contribution in [1.29, 1.82) is 0 Å². The van der Waals surface area contributed by atoms with E-state index in [9.17, 15) is 9.90 Å². The van der Waals surface area contributed by atoms with Crippen molar-refractivity contribution in [1.82, 2.24) is 0 Å². The van der Waals surface area contributed by atoms with Gasteiger partial charge in [-0.1, -0.05) is 45.3 Å². The summed E-state index contributed by atoms with van der Waals surface area (Å²) in [4.78, 5) is 12.8. The molecule has 0 aromatic heterocycles. The lowest BCUT2D eigenvalue weighted by atomic mass is 9.45. The number of hydrogen-bond donors (Lipinski definition) is 1. The van der Waals surface area contributed by atoms with E-state index in [4.69, 9.17) is 0 Å². The molecule has 0 amide bonds. The summed E-state index contributed by atoms with van der Waals surface area (Å²) in [5.41, 5.74) is 1.85. The Morgan fingerprint density at radius 2 is 1.84 bits per heavy atom. The fourth-order valence-corrected chi connectivity index (χ4v) is 9.63. The van der Waals surface area contributed by atoms with E-state index < -0.39 is 5.60 Å². The lowest BCUT2D eigenvalue weighted by Gasteiger charge is -2.59. The fraction of sp³-hybridized carbons (Fsp3) is 0.897. The molecule has 174 valence electrons. The Morgan fingerprint density at radius 1 is 1.10 bits per heavy atom. The molecule has 5 aliphatic rings. The highest BCUT2D eigenvalue weighted by Crippen LogP contribution is 2.72. The molecule has 4 fully saturated rings. The van der Waals surface area contributed by atoms with Crippen molar-refractivity contribution >= 4 is 5.78 Å². The molecule has 0 unspecified atom stereocenters. The quantitative estimate of drug-likeness (QED) is 0.476. The molecule has 0 bridgehead atoms. The maximum Gasteiger partial charge on any atom is 0.143 e. The SMILES string of the molecule is C[C@H](CCCC(C)(C)O)[C@H]1CC[C@H]2[C@@H]3CC=C4C5(CC5)C(=O)CC[C@]4(C)[C@H]3CC[C@]12C. The van der Waals surface area contributed by atoms with Gasteiger partial charge in [-0.25, -0.2) is 0 Å². The number of carbonyl (C=O) groups is 1. The first-order chi connectivity index (χ1) is 14.5. The van der Waals surface area contributed by atoms with Gasteiger partial charge in [0.2, 0.25) is 0 Å². The van der Waals surface area contributed by atoms with Gasteiger partial charge >= 0.3 is 0 Å². The van der Waals surface area contributed by atoms with Gasteiger partial charge in [0, 0.05) is 6.42 Å². The van der Waals surface area contributed by atoms with Crippen molar-refractivity contribution < 1.29 is 9.90 Å². The second-order valence-corrected chi connectivity index (χ2v) is 13.6. The van der Waals surface area contributed by atoms with Gasteiger partial charge in [0.15, 0.2) is 0 Å². The van der Waals surface area contributed by atoms with Crippen molar-refractivity contribution in [2.75, 3.05) is 0 Å². The Balaban J connectivity index is 1.34. The summed E-state index contributed by atoms with van der Waals surface area (Å²) < 4.78 is 0. The third-order valence-corrected chi connectivity index (χ3v) is 11.3. The number of rotatable bonds is 5. The van der Waals surface area contributed by atoms with Gasteiger partial charge in [-0.15, -0.1) is 0 Å². The topological polar surface area (TPSA) is 37.3 Å². The molecule has 2 nitrogen and oxygen atoms in total. The summed E-state index contributed by atoms with van der Waals surface area (Å²) in [6, 6.07) is 0. The van der Waals surface area contributed by atoms with Crippen LogP contribution < -0.4 is 0 Å². The molecular weight excluding hydrogens is 380 g/mol. The number of allylic oxidation sites excluding steroid dienone is 2. The van der Waals surface area contributed by atoms with Crippen molar-refractivity contribution in [3.05, 3.63) is 11.6 Å². The molecule has 0 aromatic rings. The number of carbonyl (C=O) groups excluding carboxylic acids is 1. The van der Waals surface area contributed by atoms with Gasteiger partial charge in [-0.05, 0) is 112 Å². The Hall–Kier alpha value is -0.630. The van der Waals surface area contributed by atoms with Crippen LogP contribution in [0.5, 0.6) is 0 Å². The average Bonchev–Trinajstić information content (AvgIpc) is 3.39. The summed E-state index contributed by atoms with van der Waals surface area (Å²) in [5.74, 6) is 4.69. The van der Waals surface area contributed by atoms with Crippen LogP contribution in [0.25, 0.3) is 0 Å². The Kier molecular flexibility index (Phi) is 5.14. The van der Waals surface area contributed by atoms with Crippen LogP contribution in [0.15, 0.2) is 11.6 Å². The average molecular weight is 427 g/mol. The zero-order valence-corrected chi connectivity index (χ0v) is 20.8. The van der Waals surface area contributed by atoms with Crippen LogP contribution in [0.4, 0.5) is 0 Å². The molecular formula is C29H46O2. The Labute approximate surface area is 190 Å². The van der Waals surface area contributed by atoms with Crippen LogP contribution in [0.3, 0.4) is 0 Å². The first-order valence-corrected chi connectivity index (χ1v) is 13.5. The summed E-state index contributed by atoms with van der Waals surface area (Å²) in [7, 11) is 0. The highest BCUT2D eigenvalue weighted by molar-refractivity contribution is 5.92. The molecule has 5 aliphatic carbocycles. The standard InChI is InChI=1S/C29H46O2/c1-19(7-6-14-26(2,3)31)21-9-10-22-20-8-11-24-28(5,23(20)12-15-27(21,22)4)16-13-25(30)29(24)17-18-29/h11,19-23,31H,6-10,12-18H2,1-5H3/t19-,20+,21-,22+,23+,27-,28-/m1/s1. The number of Topliss-reactive ketones (excluding diaryl/α,β-unsaturated/α-hetero) is 1. The van der Waals surface area contributed by atoms with E-state index in [-0.39, 0.29) is 5.41 Å². The van der Waals surface area contributed by atoms with Crippen LogP contribution >= 0.6 is 0 Å². The fourth-order valence-electron chi connectivity index (χ4n) is 9.63. The van der Waals surface area contributed by atoms with Crippen LogP contribution in [0.2, 0.25) is 0 Å². The Bertz CT molecular complexity index is 768. The number of fused-ring (bicyclic) bond motifs is 6. The minimum absolute atomic E-state index is 0.00801.